The molecule has 1 fully saturated rings. The normalized spacial score (nSPS) is 21.2. The summed E-state index contributed by atoms with van der Waals surface area (Å²) in [4.78, 5) is 17.1. The Morgan fingerprint density at radius 1 is 1.12 bits per heavy atom. The Labute approximate surface area is 148 Å². The number of para-hydroxylation sites is 2. The number of furan rings is 1. The lowest BCUT2D eigenvalue weighted by Crippen LogP contribution is -2.48. The van der Waals surface area contributed by atoms with Gasteiger partial charge in [-0.05, 0) is 24.1 Å². The van der Waals surface area contributed by atoms with E-state index in [1.807, 2.05) is 12.1 Å². The average molecular weight is 340 g/mol. The first kappa shape index (κ1) is 16.2. The van der Waals surface area contributed by atoms with Gasteiger partial charge in [0.05, 0.1) is 24.6 Å². The Morgan fingerprint density at radius 3 is 2.72 bits per heavy atom. The third-order valence-corrected chi connectivity index (χ3v) is 5.31. The number of hydrogen-bond acceptors (Lipinski definition) is 5. The minimum atomic E-state index is 0.229. The molecule has 0 spiro atoms. The van der Waals surface area contributed by atoms with E-state index < -0.39 is 0 Å². The Hall–Kier alpha value is -2.27. The van der Waals surface area contributed by atoms with E-state index in [-0.39, 0.29) is 5.78 Å². The smallest absolute Gasteiger partial charge is 0.166 e. The standard InChI is InChI=1S/C20H24N2O3/c1-24-19-5-3-2-4-17(19)22-9-7-21(8-10-22)14-15-12-18(23)16-6-11-25-20(16)13-15/h2-6,11,15H,7-10,12-14H2,1H3/t15-/m1/s1. The summed E-state index contributed by atoms with van der Waals surface area (Å²) in [5.74, 6) is 2.39. The van der Waals surface area contributed by atoms with Gasteiger partial charge in [-0.1, -0.05) is 12.1 Å². The summed E-state index contributed by atoms with van der Waals surface area (Å²) >= 11 is 0. The number of ether oxygens (including phenoxy) is 1. The van der Waals surface area contributed by atoms with E-state index in [2.05, 4.69) is 21.9 Å². The summed E-state index contributed by atoms with van der Waals surface area (Å²) in [6, 6.07) is 9.99. The van der Waals surface area contributed by atoms with Crippen LogP contribution >= 0.6 is 0 Å². The van der Waals surface area contributed by atoms with Gasteiger partial charge < -0.3 is 14.1 Å². The molecule has 2 aromatic rings. The highest BCUT2D eigenvalue weighted by Gasteiger charge is 2.29. The summed E-state index contributed by atoms with van der Waals surface area (Å²) in [6.45, 7) is 4.94. The van der Waals surface area contributed by atoms with Gasteiger partial charge in [-0.3, -0.25) is 9.69 Å². The summed E-state index contributed by atoms with van der Waals surface area (Å²) < 4.78 is 11.0. The highest BCUT2D eigenvalue weighted by atomic mass is 16.5. The molecule has 5 heteroatoms. The van der Waals surface area contributed by atoms with Gasteiger partial charge in [0, 0.05) is 45.6 Å². The number of methoxy groups -OCH3 is 1. The number of anilines is 1. The summed E-state index contributed by atoms with van der Waals surface area (Å²) in [7, 11) is 1.72. The van der Waals surface area contributed by atoms with Crippen molar-refractivity contribution in [1.82, 2.24) is 4.90 Å². The van der Waals surface area contributed by atoms with Crippen LogP contribution < -0.4 is 9.64 Å². The molecule has 1 aliphatic carbocycles. The highest BCUT2D eigenvalue weighted by Crippen LogP contribution is 2.30. The van der Waals surface area contributed by atoms with Gasteiger partial charge in [-0.2, -0.15) is 0 Å². The molecule has 4 rings (SSSR count). The van der Waals surface area contributed by atoms with Crippen molar-refractivity contribution in [3.63, 3.8) is 0 Å². The number of Topliss-reactive ketones (excluding diaryl/α,β-unsaturated/α-hetero) is 1. The molecular weight excluding hydrogens is 316 g/mol. The quantitative estimate of drug-likeness (QED) is 0.856. The topological polar surface area (TPSA) is 45.9 Å². The molecule has 0 amide bonds. The molecule has 0 saturated carbocycles. The number of piperazine rings is 1. The zero-order valence-electron chi connectivity index (χ0n) is 14.6. The molecule has 5 nitrogen and oxygen atoms in total. The van der Waals surface area contributed by atoms with Crippen molar-refractivity contribution in [2.45, 2.75) is 12.8 Å². The zero-order chi connectivity index (χ0) is 17.2. The lowest BCUT2D eigenvalue weighted by atomic mass is 9.87. The highest BCUT2D eigenvalue weighted by molar-refractivity contribution is 5.98. The van der Waals surface area contributed by atoms with Gasteiger partial charge in [-0.15, -0.1) is 0 Å². The number of carbonyl (C=O) groups is 1. The van der Waals surface area contributed by atoms with Crippen molar-refractivity contribution in [3.05, 3.63) is 47.9 Å². The maximum atomic E-state index is 12.2. The van der Waals surface area contributed by atoms with E-state index >= 15 is 0 Å². The first-order valence-electron chi connectivity index (χ1n) is 8.94. The fourth-order valence-corrected chi connectivity index (χ4v) is 4.01. The van der Waals surface area contributed by atoms with Crippen LogP contribution in [0.3, 0.4) is 0 Å². The van der Waals surface area contributed by atoms with Crippen LogP contribution in [0.1, 0.15) is 22.5 Å². The van der Waals surface area contributed by atoms with Crippen LogP contribution in [0, 0.1) is 5.92 Å². The number of ketones is 1. The molecule has 2 aliphatic rings. The molecule has 1 aromatic heterocycles. The van der Waals surface area contributed by atoms with Crippen LogP contribution in [0.4, 0.5) is 5.69 Å². The third kappa shape index (κ3) is 3.29. The Bertz CT molecular complexity index is 747. The van der Waals surface area contributed by atoms with Gasteiger partial charge >= 0.3 is 0 Å². The maximum Gasteiger partial charge on any atom is 0.166 e. The van der Waals surface area contributed by atoms with Crippen molar-refractivity contribution < 1.29 is 13.9 Å². The van der Waals surface area contributed by atoms with Crippen LogP contribution in [0.25, 0.3) is 0 Å². The second-order valence-corrected chi connectivity index (χ2v) is 6.91. The molecule has 0 radical (unpaired) electrons. The molecule has 132 valence electrons. The van der Waals surface area contributed by atoms with Gasteiger partial charge in [0.25, 0.3) is 0 Å². The van der Waals surface area contributed by atoms with Crippen molar-refractivity contribution in [2.24, 2.45) is 5.92 Å². The van der Waals surface area contributed by atoms with Gasteiger partial charge in [-0.25, -0.2) is 0 Å². The number of hydrogen-bond donors (Lipinski definition) is 0. The van der Waals surface area contributed by atoms with Gasteiger partial charge in [0.1, 0.15) is 11.5 Å². The predicted molar refractivity (Wildman–Crippen MR) is 96.5 cm³/mol. The fraction of sp³-hybridized carbons (Fsp3) is 0.450. The number of nitrogens with zero attached hydrogens (tertiary/aromatic N) is 2. The number of fused-ring (bicyclic) bond motifs is 1. The molecular formula is C20H24N2O3. The van der Waals surface area contributed by atoms with Crippen molar-refractivity contribution in [2.75, 3.05) is 44.7 Å². The van der Waals surface area contributed by atoms with Gasteiger partial charge in [0.2, 0.25) is 0 Å². The second kappa shape index (κ2) is 6.92. The molecule has 0 unspecified atom stereocenters. The zero-order valence-corrected chi connectivity index (χ0v) is 14.6. The van der Waals surface area contributed by atoms with Crippen LogP contribution in [-0.2, 0) is 6.42 Å². The lowest BCUT2D eigenvalue weighted by Gasteiger charge is -2.38. The Balaban J connectivity index is 1.35. The van der Waals surface area contributed by atoms with Crippen LogP contribution in [0.5, 0.6) is 5.75 Å². The molecule has 1 atom stereocenters. The minimum absolute atomic E-state index is 0.229. The molecule has 2 heterocycles. The second-order valence-electron chi connectivity index (χ2n) is 6.91. The van der Waals surface area contributed by atoms with E-state index in [0.717, 1.165) is 61.9 Å². The van der Waals surface area contributed by atoms with Crippen LogP contribution in [0.15, 0.2) is 41.0 Å². The first-order chi connectivity index (χ1) is 12.2. The molecule has 0 N–H and O–H groups in total. The van der Waals surface area contributed by atoms with E-state index in [4.69, 9.17) is 9.15 Å². The predicted octanol–water partition coefficient (Wildman–Crippen LogP) is 2.86. The van der Waals surface area contributed by atoms with Crippen LogP contribution in [0.2, 0.25) is 0 Å². The lowest BCUT2D eigenvalue weighted by molar-refractivity contribution is 0.0922. The van der Waals surface area contributed by atoms with E-state index in [1.165, 1.54) is 0 Å². The monoisotopic (exact) mass is 340 g/mol. The molecule has 25 heavy (non-hydrogen) atoms. The molecule has 1 aromatic carbocycles. The molecule has 1 aliphatic heterocycles. The molecule has 0 bridgehead atoms. The number of benzene rings is 1. The third-order valence-electron chi connectivity index (χ3n) is 5.31. The molecule has 1 saturated heterocycles. The van der Waals surface area contributed by atoms with Gasteiger partial charge in [0.15, 0.2) is 5.78 Å². The largest absolute Gasteiger partial charge is 0.495 e. The first-order valence-corrected chi connectivity index (χ1v) is 8.94. The fourth-order valence-electron chi connectivity index (χ4n) is 4.01. The van der Waals surface area contributed by atoms with Crippen molar-refractivity contribution in [3.8, 4) is 5.75 Å². The van der Waals surface area contributed by atoms with E-state index in [9.17, 15) is 4.79 Å². The van der Waals surface area contributed by atoms with Crippen molar-refractivity contribution in [1.29, 1.82) is 0 Å². The minimum Gasteiger partial charge on any atom is -0.495 e. The number of rotatable bonds is 4. The summed E-state index contributed by atoms with van der Waals surface area (Å²) in [5, 5.41) is 0. The maximum absolute atomic E-state index is 12.2. The van der Waals surface area contributed by atoms with E-state index in [1.54, 1.807) is 19.4 Å². The van der Waals surface area contributed by atoms with Crippen molar-refractivity contribution >= 4 is 11.5 Å². The Morgan fingerprint density at radius 2 is 1.92 bits per heavy atom. The summed E-state index contributed by atoms with van der Waals surface area (Å²) in [5.41, 5.74) is 1.95. The van der Waals surface area contributed by atoms with Crippen LogP contribution in [-0.4, -0.2) is 50.5 Å². The number of carbonyl (C=O) groups excluding carboxylic acids is 1. The van der Waals surface area contributed by atoms with E-state index in [0.29, 0.717) is 12.3 Å². The average Bonchev–Trinajstić information content (AvgIpc) is 3.11. The Kier molecular flexibility index (Phi) is 4.49. The SMILES string of the molecule is COc1ccccc1N1CCN(C[C@@H]2CC(=O)c3ccoc3C2)CC1. The summed E-state index contributed by atoms with van der Waals surface area (Å²) in [6.07, 6.45) is 3.15.